The Balaban J connectivity index is 1.85. The molecule has 130 valence electrons. The maximum Gasteiger partial charge on any atom is 0.225 e. The lowest BCUT2D eigenvalue weighted by Gasteiger charge is -2.22. The summed E-state index contributed by atoms with van der Waals surface area (Å²) in [4.78, 5) is 12.5. The Hall–Kier alpha value is -1.65. The number of nitrogens with zero attached hydrogens (tertiary/aromatic N) is 3. The van der Waals surface area contributed by atoms with E-state index in [0.717, 1.165) is 35.5 Å². The van der Waals surface area contributed by atoms with Crippen molar-refractivity contribution in [2.75, 3.05) is 18.0 Å². The normalized spacial score (nSPS) is 15.5. The topological polar surface area (TPSA) is 29.0 Å². The third-order valence-corrected chi connectivity index (χ3v) is 6.01. The van der Waals surface area contributed by atoms with Crippen molar-refractivity contribution >= 4 is 39.0 Å². The van der Waals surface area contributed by atoms with Crippen molar-refractivity contribution in [1.29, 1.82) is 0 Å². The standard InChI is InChI=1S/C20H22ClN3S/c1-2-14-7-9-15(10-8-14)16-13-25-19-17(16)18(22-20(21)23-19)24-11-5-3-4-6-12-24/h7-10,13H,2-6,11-12H2,1H3. The Labute approximate surface area is 157 Å². The summed E-state index contributed by atoms with van der Waals surface area (Å²) < 4.78 is 0. The predicted octanol–water partition coefficient (Wildman–Crippen LogP) is 5.95. The molecule has 0 saturated carbocycles. The second-order valence-corrected chi connectivity index (χ2v) is 7.79. The Morgan fingerprint density at radius 2 is 1.76 bits per heavy atom. The van der Waals surface area contributed by atoms with Crippen molar-refractivity contribution in [3.63, 3.8) is 0 Å². The monoisotopic (exact) mass is 371 g/mol. The number of halogens is 1. The zero-order chi connectivity index (χ0) is 17.2. The van der Waals surface area contributed by atoms with Crippen LogP contribution in [-0.2, 0) is 6.42 Å². The van der Waals surface area contributed by atoms with Gasteiger partial charge in [-0.25, -0.2) is 4.98 Å². The van der Waals surface area contributed by atoms with Crippen LogP contribution in [0, 0.1) is 0 Å². The number of anilines is 1. The number of hydrogen-bond donors (Lipinski definition) is 0. The number of aryl methyl sites for hydroxylation is 1. The summed E-state index contributed by atoms with van der Waals surface area (Å²) in [5, 5.41) is 3.69. The fourth-order valence-corrected chi connectivity index (χ4v) is 4.70. The number of rotatable bonds is 3. The molecule has 3 aromatic rings. The Morgan fingerprint density at radius 3 is 2.44 bits per heavy atom. The average molecular weight is 372 g/mol. The van der Waals surface area contributed by atoms with Crippen molar-refractivity contribution in [2.24, 2.45) is 0 Å². The first kappa shape index (κ1) is 16.8. The first-order chi connectivity index (χ1) is 12.3. The SMILES string of the molecule is CCc1ccc(-c2csc3nc(Cl)nc(N4CCCCCC4)c23)cc1. The maximum atomic E-state index is 6.24. The fraction of sp³-hybridized carbons (Fsp3) is 0.400. The molecule has 0 radical (unpaired) electrons. The molecule has 2 aromatic heterocycles. The molecule has 0 aliphatic carbocycles. The smallest absolute Gasteiger partial charge is 0.225 e. The Kier molecular flexibility index (Phi) is 4.91. The van der Waals surface area contributed by atoms with Crippen molar-refractivity contribution in [2.45, 2.75) is 39.0 Å². The van der Waals surface area contributed by atoms with Crippen LogP contribution in [0.15, 0.2) is 29.6 Å². The number of benzene rings is 1. The summed E-state index contributed by atoms with van der Waals surface area (Å²) in [6.07, 6.45) is 6.09. The second kappa shape index (κ2) is 7.30. The summed E-state index contributed by atoms with van der Waals surface area (Å²) in [6.45, 7) is 4.28. The van der Waals surface area contributed by atoms with Crippen molar-refractivity contribution in [3.8, 4) is 11.1 Å². The molecule has 25 heavy (non-hydrogen) atoms. The molecule has 0 N–H and O–H groups in total. The van der Waals surface area contributed by atoms with E-state index in [1.807, 2.05) is 0 Å². The molecule has 3 nitrogen and oxygen atoms in total. The van der Waals surface area contributed by atoms with E-state index in [0.29, 0.717) is 5.28 Å². The van der Waals surface area contributed by atoms with Gasteiger partial charge in [-0.1, -0.05) is 44.0 Å². The first-order valence-electron chi connectivity index (χ1n) is 9.05. The molecule has 5 heteroatoms. The highest BCUT2D eigenvalue weighted by Gasteiger charge is 2.20. The third kappa shape index (κ3) is 3.38. The lowest BCUT2D eigenvalue weighted by atomic mass is 10.0. The lowest BCUT2D eigenvalue weighted by molar-refractivity contribution is 0.726. The number of aromatic nitrogens is 2. The van der Waals surface area contributed by atoms with Crippen LogP contribution in [0.3, 0.4) is 0 Å². The van der Waals surface area contributed by atoms with Gasteiger partial charge in [-0.05, 0) is 42.0 Å². The van der Waals surface area contributed by atoms with Gasteiger partial charge in [-0.2, -0.15) is 4.98 Å². The number of hydrogen-bond acceptors (Lipinski definition) is 4. The van der Waals surface area contributed by atoms with Crippen LogP contribution in [0.5, 0.6) is 0 Å². The van der Waals surface area contributed by atoms with Crippen LogP contribution in [0.1, 0.15) is 38.2 Å². The molecule has 0 spiro atoms. The maximum absolute atomic E-state index is 6.24. The largest absolute Gasteiger partial charge is 0.356 e. The van der Waals surface area contributed by atoms with E-state index in [-0.39, 0.29) is 0 Å². The van der Waals surface area contributed by atoms with Gasteiger partial charge in [-0.15, -0.1) is 11.3 Å². The van der Waals surface area contributed by atoms with E-state index in [1.165, 1.54) is 42.4 Å². The molecule has 1 aromatic carbocycles. The molecule has 0 atom stereocenters. The van der Waals surface area contributed by atoms with Gasteiger partial charge in [0.2, 0.25) is 5.28 Å². The average Bonchev–Trinajstić information content (AvgIpc) is 2.87. The van der Waals surface area contributed by atoms with Crippen LogP contribution in [0.2, 0.25) is 5.28 Å². The summed E-state index contributed by atoms with van der Waals surface area (Å²) in [7, 11) is 0. The van der Waals surface area contributed by atoms with E-state index >= 15 is 0 Å². The Morgan fingerprint density at radius 1 is 1.04 bits per heavy atom. The van der Waals surface area contributed by atoms with Crippen LogP contribution < -0.4 is 4.90 Å². The quantitative estimate of drug-likeness (QED) is 0.532. The first-order valence-corrected chi connectivity index (χ1v) is 10.3. The highest BCUT2D eigenvalue weighted by atomic mass is 35.5. The van der Waals surface area contributed by atoms with Crippen molar-refractivity contribution in [1.82, 2.24) is 9.97 Å². The lowest BCUT2D eigenvalue weighted by Crippen LogP contribution is -2.25. The molecular weight excluding hydrogens is 350 g/mol. The summed E-state index contributed by atoms with van der Waals surface area (Å²) in [5.74, 6) is 1.01. The molecule has 1 fully saturated rings. The van der Waals surface area contributed by atoms with Crippen molar-refractivity contribution < 1.29 is 0 Å². The zero-order valence-electron chi connectivity index (χ0n) is 14.5. The second-order valence-electron chi connectivity index (χ2n) is 6.60. The van der Waals surface area contributed by atoms with E-state index in [4.69, 9.17) is 11.6 Å². The van der Waals surface area contributed by atoms with Gasteiger partial charge in [0.05, 0.1) is 5.39 Å². The summed E-state index contributed by atoms with van der Waals surface area (Å²) in [6, 6.07) is 8.84. The molecule has 1 aliphatic rings. The van der Waals surface area contributed by atoms with E-state index < -0.39 is 0 Å². The van der Waals surface area contributed by atoms with Gasteiger partial charge in [0.15, 0.2) is 0 Å². The van der Waals surface area contributed by atoms with Crippen molar-refractivity contribution in [3.05, 3.63) is 40.5 Å². The fourth-order valence-electron chi connectivity index (χ4n) is 3.54. The van der Waals surface area contributed by atoms with Gasteiger partial charge in [-0.3, -0.25) is 0 Å². The summed E-state index contributed by atoms with van der Waals surface area (Å²) in [5.41, 5.74) is 3.80. The highest BCUT2D eigenvalue weighted by molar-refractivity contribution is 7.17. The molecule has 0 unspecified atom stereocenters. The predicted molar refractivity (Wildman–Crippen MR) is 108 cm³/mol. The van der Waals surface area contributed by atoms with Gasteiger partial charge < -0.3 is 4.90 Å². The number of fused-ring (bicyclic) bond motifs is 1. The minimum atomic E-state index is 0.349. The minimum Gasteiger partial charge on any atom is -0.356 e. The van der Waals surface area contributed by atoms with Gasteiger partial charge in [0.1, 0.15) is 10.6 Å². The van der Waals surface area contributed by atoms with Gasteiger partial charge >= 0.3 is 0 Å². The molecular formula is C20H22ClN3S. The number of thiophene rings is 1. The van der Waals surface area contributed by atoms with Gasteiger partial charge in [0.25, 0.3) is 0 Å². The van der Waals surface area contributed by atoms with Crippen LogP contribution in [0.4, 0.5) is 5.82 Å². The van der Waals surface area contributed by atoms with Gasteiger partial charge in [0, 0.05) is 24.0 Å². The van der Waals surface area contributed by atoms with Crippen LogP contribution >= 0.6 is 22.9 Å². The third-order valence-electron chi connectivity index (χ3n) is 4.97. The Bertz CT molecular complexity index is 865. The van der Waals surface area contributed by atoms with E-state index in [2.05, 4.69) is 51.4 Å². The summed E-state index contributed by atoms with van der Waals surface area (Å²) >= 11 is 7.89. The van der Waals surface area contributed by atoms with E-state index in [9.17, 15) is 0 Å². The molecule has 3 heterocycles. The zero-order valence-corrected chi connectivity index (χ0v) is 16.0. The van der Waals surface area contributed by atoms with E-state index in [1.54, 1.807) is 11.3 Å². The molecule has 1 saturated heterocycles. The minimum absolute atomic E-state index is 0.349. The molecule has 0 bridgehead atoms. The molecule has 4 rings (SSSR count). The molecule has 0 amide bonds. The van der Waals surface area contributed by atoms with Crippen LogP contribution in [0.25, 0.3) is 21.3 Å². The molecule has 1 aliphatic heterocycles. The highest BCUT2D eigenvalue weighted by Crippen LogP contribution is 2.39. The van der Waals surface area contributed by atoms with Crippen LogP contribution in [-0.4, -0.2) is 23.1 Å².